The maximum Gasteiger partial charge on any atom is 0.253 e. The summed E-state index contributed by atoms with van der Waals surface area (Å²) in [4.78, 5) is 18.1. The molecule has 0 unspecified atom stereocenters. The molecule has 0 radical (unpaired) electrons. The fraction of sp³-hybridized carbons (Fsp3) is 0.484. The summed E-state index contributed by atoms with van der Waals surface area (Å²) >= 11 is 3.54. The number of carbonyl (C=O) groups is 1. The number of fused-ring (bicyclic) bond motifs is 1. The molecule has 7 heteroatoms. The Morgan fingerprint density at radius 1 is 1.05 bits per heavy atom. The average Bonchev–Trinajstić information content (AvgIpc) is 3.27. The molecule has 3 aromatic rings. The Kier molecular flexibility index (Phi) is 10.2. The summed E-state index contributed by atoms with van der Waals surface area (Å²) in [5.74, 6) is 1.21. The molecular formula is C31H41BrN4O2. The summed E-state index contributed by atoms with van der Waals surface area (Å²) in [6.45, 7) is 14.7. The zero-order valence-corrected chi connectivity index (χ0v) is 24.8. The van der Waals surface area contributed by atoms with Gasteiger partial charge in [0, 0.05) is 60.1 Å². The third-order valence-corrected chi connectivity index (χ3v) is 7.56. The Balaban J connectivity index is 1.68. The molecule has 0 atom stereocenters. The Labute approximate surface area is 235 Å². The normalized spacial score (nSPS) is 14.8. The molecule has 0 N–H and O–H groups in total. The molecule has 1 fully saturated rings. The standard InChI is InChI=1S/C31H41BrN4O2/c1-23(2)11-15-35(16-12-24(3)4)31(37)26-13-17-36-29(22-26)28(6-5-14-34-18-20-38-21-19-34)30(33-36)25-7-9-27(32)10-8-25/h5-10,13,17,22-24H,11-12,14-16,18-21H2,1-4H3. The lowest BCUT2D eigenvalue weighted by Gasteiger charge is -2.25. The van der Waals surface area contributed by atoms with Crippen LogP contribution in [-0.2, 0) is 4.74 Å². The lowest BCUT2D eigenvalue weighted by Crippen LogP contribution is -2.36. The van der Waals surface area contributed by atoms with E-state index in [0.717, 1.165) is 91.2 Å². The van der Waals surface area contributed by atoms with Crippen molar-refractivity contribution in [3.63, 3.8) is 0 Å². The average molecular weight is 582 g/mol. The van der Waals surface area contributed by atoms with Crippen LogP contribution < -0.4 is 0 Å². The molecule has 1 aliphatic rings. The Morgan fingerprint density at radius 3 is 2.34 bits per heavy atom. The fourth-order valence-electron chi connectivity index (χ4n) is 4.61. The number of aromatic nitrogens is 2. The number of hydrogen-bond acceptors (Lipinski definition) is 4. The van der Waals surface area contributed by atoms with Gasteiger partial charge in [0.15, 0.2) is 0 Å². The van der Waals surface area contributed by atoms with Gasteiger partial charge in [-0.05, 0) is 48.9 Å². The predicted molar refractivity (Wildman–Crippen MR) is 159 cm³/mol. The van der Waals surface area contributed by atoms with E-state index in [1.807, 2.05) is 39.9 Å². The van der Waals surface area contributed by atoms with Crippen molar-refractivity contribution in [2.45, 2.75) is 40.5 Å². The minimum atomic E-state index is 0.100. The van der Waals surface area contributed by atoms with Gasteiger partial charge in [0.1, 0.15) is 5.69 Å². The minimum absolute atomic E-state index is 0.100. The minimum Gasteiger partial charge on any atom is -0.379 e. The van der Waals surface area contributed by atoms with E-state index in [0.29, 0.717) is 11.8 Å². The first-order valence-corrected chi connectivity index (χ1v) is 14.7. The molecule has 0 spiro atoms. The van der Waals surface area contributed by atoms with E-state index in [-0.39, 0.29) is 5.91 Å². The number of benzene rings is 1. The van der Waals surface area contributed by atoms with Crippen LogP contribution in [0.15, 0.2) is 53.1 Å². The summed E-state index contributed by atoms with van der Waals surface area (Å²) in [6.07, 6.45) is 8.30. The molecule has 0 saturated carbocycles. The molecule has 0 aliphatic carbocycles. The molecule has 3 heterocycles. The van der Waals surface area contributed by atoms with Crippen molar-refractivity contribution >= 4 is 33.4 Å². The number of amides is 1. The molecule has 2 aromatic heterocycles. The second-order valence-electron chi connectivity index (χ2n) is 11.0. The number of rotatable bonds is 11. The summed E-state index contributed by atoms with van der Waals surface area (Å²) in [5, 5.41) is 4.93. The topological polar surface area (TPSA) is 50.1 Å². The number of nitrogens with zero attached hydrogens (tertiary/aromatic N) is 4. The van der Waals surface area contributed by atoms with E-state index in [2.05, 4.69) is 72.8 Å². The highest BCUT2D eigenvalue weighted by Crippen LogP contribution is 2.29. The Hall–Kier alpha value is -2.48. The lowest BCUT2D eigenvalue weighted by atomic mass is 10.0. The smallest absolute Gasteiger partial charge is 0.253 e. The van der Waals surface area contributed by atoms with Crippen LogP contribution in [0, 0.1) is 11.8 Å². The molecule has 1 saturated heterocycles. The van der Waals surface area contributed by atoms with Gasteiger partial charge in [0.05, 0.1) is 18.7 Å². The van der Waals surface area contributed by atoms with Crippen LogP contribution in [0.4, 0.5) is 0 Å². The number of hydrogen-bond donors (Lipinski definition) is 0. The summed E-state index contributed by atoms with van der Waals surface area (Å²) in [7, 11) is 0. The molecule has 1 amide bonds. The highest BCUT2D eigenvalue weighted by Gasteiger charge is 2.20. The Bertz CT molecular complexity index is 1210. The lowest BCUT2D eigenvalue weighted by molar-refractivity contribution is 0.0435. The van der Waals surface area contributed by atoms with Crippen molar-refractivity contribution in [2.75, 3.05) is 45.9 Å². The van der Waals surface area contributed by atoms with E-state index < -0.39 is 0 Å². The molecule has 6 nitrogen and oxygen atoms in total. The van der Waals surface area contributed by atoms with Crippen LogP contribution in [0.2, 0.25) is 0 Å². The number of pyridine rings is 1. The van der Waals surface area contributed by atoms with Gasteiger partial charge in [0.2, 0.25) is 0 Å². The van der Waals surface area contributed by atoms with Gasteiger partial charge in [-0.3, -0.25) is 9.69 Å². The monoisotopic (exact) mass is 580 g/mol. The van der Waals surface area contributed by atoms with Crippen molar-refractivity contribution < 1.29 is 9.53 Å². The van der Waals surface area contributed by atoms with Gasteiger partial charge in [-0.25, -0.2) is 4.52 Å². The van der Waals surface area contributed by atoms with E-state index >= 15 is 0 Å². The first kappa shape index (κ1) is 28.5. The van der Waals surface area contributed by atoms with E-state index in [9.17, 15) is 4.79 Å². The van der Waals surface area contributed by atoms with Crippen molar-refractivity contribution in [2.24, 2.45) is 11.8 Å². The second-order valence-corrected chi connectivity index (χ2v) is 11.9. The van der Waals surface area contributed by atoms with Gasteiger partial charge in [-0.2, -0.15) is 5.10 Å². The molecule has 1 aromatic carbocycles. The van der Waals surface area contributed by atoms with Crippen molar-refractivity contribution in [1.29, 1.82) is 0 Å². The summed E-state index contributed by atoms with van der Waals surface area (Å²) in [6, 6.07) is 12.2. The van der Waals surface area contributed by atoms with Crippen LogP contribution >= 0.6 is 15.9 Å². The highest BCUT2D eigenvalue weighted by atomic mass is 79.9. The second kappa shape index (κ2) is 13.5. The van der Waals surface area contributed by atoms with Crippen LogP contribution in [0.25, 0.3) is 22.9 Å². The zero-order chi connectivity index (χ0) is 27.1. The Morgan fingerprint density at radius 2 is 1.71 bits per heavy atom. The number of ether oxygens (including phenoxy) is 1. The first-order valence-electron chi connectivity index (χ1n) is 13.9. The van der Waals surface area contributed by atoms with Crippen LogP contribution in [0.5, 0.6) is 0 Å². The van der Waals surface area contributed by atoms with Crippen LogP contribution in [0.1, 0.15) is 56.5 Å². The van der Waals surface area contributed by atoms with Crippen molar-refractivity contribution in [1.82, 2.24) is 19.4 Å². The largest absolute Gasteiger partial charge is 0.379 e. The van der Waals surface area contributed by atoms with E-state index in [1.54, 1.807) is 0 Å². The maximum absolute atomic E-state index is 13.7. The van der Waals surface area contributed by atoms with E-state index in [4.69, 9.17) is 9.84 Å². The quantitative estimate of drug-likeness (QED) is 0.255. The van der Waals surface area contributed by atoms with Gasteiger partial charge in [-0.15, -0.1) is 0 Å². The fourth-order valence-corrected chi connectivity index (χ4v) is 4.88. The van der Waals surface area contributed by atoms with Gasteiger partial charge in [0.25, 0.3) is 5.91 Å². The first-order chi connectivity index (χ1) is 18.3. The molecule has 1 aliphatic heterocycles. The van der Waals surface area contributed by atoms with Gasteiger partial charge >= 0.3 is 0 Å². The van der Waals surface area contributed by atoms with Crippen LogP contribution in [-0.4, -0.2) is 71.3 Å². The highest BCUT2D eigenvalue weighted by molar-refractivity contribution is 9.10. The van der Waals surface area contributed by atoms with E-state index in [1.165, 1.54) is 0 Å². The zero-order valence-electron chi connectivity index (χ0n) is 23.2. The third-order valence-electron chi connectivity index (χ3n) is 7.03. The van der Waals surface area contributed by atoms with Gasteiger partial charge in [-0.1, -0.05) is 67.9 Å². The molecular weight excluding hydrogens is 540 g/mol. The molecule has 0 bridgehead atoms. The molecule has 38 heavy (non-hydrogen) atoms. The van der Waals surface area contributed by atoms with Crippen molar-refractivity contribution in [3.8, 4) is 11.3 Å². The van der Waals surface area contributed by atoms with Crippen LogP contribution in [0.3, 0.4) is 0 Å². The number of carbonyl (C=O) groups excluding carboxylic acids is 1. The summed E-state index contributed by atoms with van der Waals surface area (Å²) < 4.78 is 8.42. The van der Waals surface area contributed by atoms with Crippen molar-refractivity contribution in [3.05, 3.63) is 64.3 Å². The third kappa shape index (κ3) is 7.55. The predicted octanol–water partition coefficient (Wildman–Crippen LogP) is 6.64. The molecule has 204 valence electrons. The maximum atomic E-state index is 13.7. The number of morpholine rings is 1. The van der Waals surface area contributed by atoms with Gasteiger partial charge < -0.3 is 9.64 Å². The summed E-state index contributed by atoms with van der Waals surface area (Å²) in [5.41, 5.74) is 4.66. The SMILES string of the molecule is CC(C)CCN(CCC(C)C)C(=O)c1ccn2nc(-c3ccc(Br)cc3)c(C=CCN3CCOCC3)c2c1. The molecule has 4 rings (SSSR count). The number of halogens is 1.